The molecule has 1 aromatic carbocycles. The summed E-state index contributed by atoms with van der Waals surface area (Å²) in [6.45, 7) is 4.79. The molecule has 2 aliphatic rings. The number of amides is 1. The molecule has 0 saturated carbocycles. The summed E-state index contributed by atoms with van der Waals surface area (Å²) in [6, 6.07) is 5.83. The van der Waals surface area contributed by atoms with Crippen LogP contribution < -0.4 is 20.7 Å². The number of hydrogen-bond donors (Lipinski definition) is 4. The normalized spacial score (nSPS) is 22.6. The quantitative estimate of drug-likeness (QED) is 0.571. The Labute approximate surface area is 174 Å². The lowest BCUT2D eigenvalue weighted by molar-refractivity contribution is -0.123. The zero-order valence-electron chi connectivity index (χ0n) is 16.6. The zero-order chi connectivity index (χ0) is 20.2. The largest absolute Gasteiger partial charge is 0.490 e. The van der Waals surface area contributed by atoms with Gasteiger partial charge in [0.2, 0.25) is 5.91 Å². The second-order valence-corrected chi connectivity index (χ2v) is 8.58. The molecule has 2 atom stereocenters. The zero-order valence-corrected chi connectivity index (χ0v) is 17.4. The van der Waals surface area contributed by atoms with Crippen molar-refractivity contribution in [3.63, 3.8) is 0 Å². The summed E-state index contributed by atoms with van der Waals surface area (Å²) in [5.74, 6) is 0.735. The van der Waals surface area contributed by atoms with Gasteiger partial charge < -0.3 is 25.8 Å². The summed E-state index contributed by atoms with van der Waals surface area (Å²) >= 11 is 1.62. The maximum Gasteiger partial charge on any atom is 0.237 e. The van der Waals surface area contributed by atoms with Crippen LogP contribution in [0.5, 0.6) is 5.75 Å². The summed E-state index contributed by atoms with van der Waals surface area (Å²) < 4.78 is 6.38. The second-order valence-electron chi connectivity index (χ2n) is 7.72. The molecular weight excluding hydrogens is 388 g/mol. The number of aryl methyl sites for hydroxylation is 1. The van der Waals surface area contributed by atoms with Gasteiger partial charge in [-0.25, -0.2) is 4.98 Å². The van der Waals surface area contributed by atoms with E-state index in [0.717, 1.165) is 53.4 Å². The third-order valence-electron chi connectivity index (χ3n) is 5.53. The van der Waals surface area contributed by atoms with Gasteiger partial charge in [0.15, 0.2) is 0 Å². The molecule has 4 N–H and O–H groups in total. The van der Waals surface area contributed by atoms with Gasteiger partial charge in [0.25, 0.3) is 0 Å². The molecule has 8 heteroatoms. The number of β-amino-alcohol motifs (C(OH)–C–C–N with tert-alkyl or cyclic N) is 1. The minimum Gasteiger partial charge on any atom is -0.490 e. The van der Waals surface area contributed by atoms with E-state index in [-0.39, 0.29) is 18.1 Å². The maximum atomic E-state index is 12.4. The van der Waals surface area contributed by atoms with Crippen molar-refractivity contribution in [2.45, 2.75) is 51.0 Å². The van der Waals surface area contributed by atoms with Crippen molar-refractivity contribution in [2.75, 3.05) is 19.6 Å². The van der Waals surface area contributed by atoms with Gasteiger partial charge in [0, 0.05) is 18.7 Å². The third kappa shape index (κ3) is 4.95. The molecule has 0 aliphatic carbocycles. The van der Waals surface area contributed by atoms with Crippen molar-refractivity contribution >= 4 is 17.2 Å². The lowest BCUT2D eigenvalue weighted by atomic mass is 10.1. The van der Waals surface area contributed by atoms with Crippen LogP contribution in [-0.4, -0.2) is 53.9 Å². The van der Waals surface area contributed by atoms with E-state index in [2.05, 4.69) is 33.1 Å². The van der Waals surface area contributed by atoms with E-state index in [9.17, 15) is 9.90 Å². The number of carbonyl (C=O) groups excluding carboxylic acids is 1. The minimum absolute atomic E-state index is 0.0863. The Morgan fingerprint density at radius 2 is 2.21 bits per heavy atom. The Kier molecular flexibility index (Phi) is 6.44. The first-order valence-electron chi connectivity index (χ1n) is 10.2. The number of nitrogens with one attached hydrogen (secondary N) is 3. The molecule has 1 aromatic heterocycles. The Hall–Kier alpha value is -2.00. The van der Waals surface area contributed by atoms with Gasteiger partial charge in [-0.2, -0.15) is 0 Å². The lowest BCUT2D eigenvalue weighted by Gasteiger charge is -2.25. The molecule has 7 nitrogen and oxygen atoms in total. The number of nitrogens with zero attached hydrogens (tertiary/aromatic N) is 1. The van der Waals surface area contributed by atoms with Gasteiger partial charge in [-0.05, 0) is 50.9 Å². The molecule has 156 valence electrons. The summed E-state index contributed by atoms with van der Waals surface area (Å²) in [7, 11) is 0. The molecule has 1 amide bonds. The van der Waals surface area contributed by atoms with Crippen molar-refractivity contribution in [1.82, 2.24) is 20.9 Å². The predicted molar refractivity (Wildman–Crippen MR) is 113 cm³/mol. The highest BCUT2D eigenvalue weighted by Gasteiger charge is 2.28. The number of aliphatic hydroxyl groups is 1. The molecule has 0 bridgehead atoms. The van der Waals surface area contributed by atoms with E-state index < -0.39 is 6.10 Å². The van der Waals surface area contributed by atoms with Gasteiger partial charge in [0.1, 0.15) is 11.9 Å². The lowest BCUT2D eigenvalue weighted by Crippen LogP contribution is -2.40. The van der Waals surface area contributed by atoms with Crippen LogP contribution in [0.25, 0.3) is 10.4 Å². The molecule has 2 aromatic rings. The van der Waals surface area contributed by atoms with E-state index >= 15 is 0 Å². The minimum atomic E-state index is -0.452. The Balaban J connectivity index is 1.51. The van der Waals surface area contributed by atoms with Gasteiger partial charge in [-0.15, -0.1) is 11.3 Å². The molecule has 2 fully saturated rings. The van der Waals surface area contributed by atoms with E-state index in [4.69, 9.17) is 4.74 Å². The standard InChI is InChI=1S/C21H28N4O3S/c1-13-20(29-12-25-13)14-2-3-15(10-24-21(27)18-9-16(26)11-23-18)19(8-14)28-17-4-6-22-7-5-17/h2-3,8,12,16-18,22-23,26H,4-7,9-11H2,1H3,(H,24,27). The highest BCUT2D eigenvalue weighted by Crippen LogP contribution is 2.33. The van der Waals surface area contributed by atoms with Crippen LogP contribution in [0.15, 0.2) is 23.7 Å². The fourth-order valence-electron chi connectivity index (χ4n) is 3.85. The third-order valence-corrected chi connectivity index (χ3v) is 6.51. The van der Waals surface area contributed by atoms with Crippen LogP contribution in [0.4, 0.5) is 0 Å². The summed E-state index contributed by atoms with van der Waals surface area (Å²) in [5.41, 5.74) is 4.91. The average Bonchev–Trinajstić information content (AvgIpc) is 3.36. The maximum absolute atomic E-state index is 12.4. The number of aliphatic hydroxyl groups excluding tert-OH is 1. The predicted octanol–water partition coefficient (Wildman–Crippen LogP) is 1.59. The first-order valence-corrected chi connectivity index (χ1v) is 11.1. The van der Waals surface area contributed by atoms with E-state index in [1.54, 1.807) is 11.3 Å². The smallest absolute Gasteiger partial charge is 0.237 e. The topological polar surface area (TPSA) is 95.5 Å². The van der Waals surface area contributed by atoms with Crippen LogP contribution in [-0.2, 0) is 11.3 Å². The highest BCUT2D eigenvalue weighted by atomic mass is 32.1. The Morgan fingerprint density at radius 3 is 2.90 bits per heavy atom. The van der Waals surface area contributed by atoms with Gasteiger partial charge in [-0.1, -0.05) is 12.1 Å². The van der Waals surface area contributed by atoms with Crippen LogP contribution >= 0.6 is 11.3 Å². The number of carbonyl (C=O) groups is 1. The highest BCUT2D eigenvalue weighted by molar-refractivity contribution is 7.13. The van der Waals surface area contributed by atoms with Gasteiger partial charge >= 0.3 is 0 Å². The molecule has 0 radical (unpaired) electrons. The average molecular weight is 417 g/mol. The molecule has 3 heterocycles. The fourth-order valence-corrected chi connectivity index (χ4v) is 4.65. The number of ether oxygens (including phenoxy) is 1. The van der Waals surface area contributed by atoms with E-state index in [0.29, 0.717) is 19.5 Å². The molecule has 2 unspecified atom stereocenters. The first kappa shape index (κ1) is 20.3. The molecule has 2 aliphatic heterocycles. The van der Waals surface area contributed by atoms with Crippen LogP contribution in [0.1, 0.15) is 30.5 Å². The molecule has 4 rings (SSSR count). The summed E-state index contributed by atoms with van der Waals surface area (Å²) in [5, 5.41) is 19.0. The number of benzene rings is 1. The molecule has 0 spiro atoms. The van der Waals surface area contributed by atoms with E-state index in [1.807, 2.05) is 18.5 Å². The van der Waals surface area contributed by atoms with Gasteiger partial charge in [-0.3, -0.25) is 4.79 Å². The van der Waals surface area contributed by atoms with E-state index in [1.165, 1.54) is 0 Å². The number of aromatic nitrogens is 1. The molecule has 29 heavy (non-hydrogen) atoms. The summed E-state index contributed by atoms with van der Waals surface area (Å²) in [6.07, 6.45) is 2.12. The summed E-state index contributed by atoms with van der Waals surface area (Å²) in [4.78, 5) is 17.9. The first-order chi connectivity index (χ1) is 14.1. The fraction of sp³-hybridized carbons (Fsp3) is 0.524. The van der Waals surface area contributed by atoms with Crippen molar-refractivity contribution in [2.24, 2.45) is 0 Å². The van der Waals surface area contributed by atoms with Gasteiger partial charge in [0.05, 0.1) is 28.2 Å². The Bertz CT molecular complexity index is 850. The van der Waals surface area contributed by atoms with Crippen LogP contribution in [0.3, 0.4) is 0 Å². The van der Waals surface area contributed by atoms with Crippen LogP contribution in [0, 0.1) is 6.92 Å². The SMILES string of the molecule is Cc1ncsc1-c1ccc(CNC(=O)C2CC(O)CN2)c(OC2CCNCC2)c1. The number of thiazole rings is 1. The number of rotatable bonds is 6. The Morgan fingerprint density at radius 1 is 1.38 bits per heavy atom. The van der Waals surface area contributed by atoms with Crippen molar-refractivity contribution in [3.05, 3.63) is 35.0 Å². The number of piperidine rings is 1. The van der Waals surface area contributed by atoms with Crippen molar-refractivity contribution in [1.29, 1.82) is 0 Å². The van der Waals surface area contributed by atoms with Crippen molar-refractivity contribution < 1.29 is 14.6 Å². The monoisotopic (exact) mass is 416 g/mol. The molecule has 2 saturated heterocycles. The van der Waals surface area contributed by atoms with Crippen molar-refractivity contribution in [3.8, 4) is 16.2 Å². The second kappa shape index (κ2) is 9.21. The van der Waals surface area contributed by atoms with Crippen LogP contribution in [0.2, 0.25) is 0 Å². The number of hydrogen-bond acceptors (Lipinski definition) is 7. The molecular formula is C21H28N4O3S.